The van der Waals surface area contributed by atoms with Gasteiger partial charge >= 0.3 is 0 Å². The van der Waals surface area contributed by atoms with Gasteiger partial charge in [-0.1, -0.05) is 46.5 Å². The van der Waals surface area contributed by atoms with Gasteiger partial charge in [0.2, 0.25) is 0 Å². The molecule has 1 N–H and O–H groups in total. The molecule has 0 aliphatic heterocycles. The molecule has 1 aliphatic carbocycles. The summed E-state index contributed by atoms with van der Waals surface area (Å²) in [6.45, 7) is 8.32. The van der Waals surface area contributed by atoms with E-state index in [1.54, 1.807) is 0 Å². The van der Waals surface area contributed by atoms with Crippen molar-refractivity contribution in [2.24, 2.45) is 5.41 Å². The summed E-state index contributed by atoms with van der Waals surface area (Å²) in [4.78, 5) is 0. The van der Waals surface area contributed by atoms with E-state index in [1.165, 1.54) is 57.9 Å². The van der Waals surface area contributed by atoms with Gasteiger partial charge in [-0.15, -0.1) is 0 Å². The fraction of sp³-hybridized carbons (Fsp3) is 1.00. The summed E-state index contributed by atoms with van der Waals surface area (Å²) in [5, 5.41) is 3.71. The van der Waals surface area contributed by atoms with Crippen LogP contribution in [-0.4, -0.2) is 12.6 Å². The van der Waals surface area contributed by atoms with Crippen LogP contribution in [0.5, 0.6) is 0 Å². The molecule has 0 spiro atoms. The number of hydrogen-bond acceptors (Lipinski definition) is 1. The molecule has 90 valence electrons. The van der Waals surface area contributed by atoms with E-state index in [-0.39, 0.29) is 0 Å². The van der Waals surface area contributed by atoms with Crippen LogP contribution in [0.1, 0.15) is 72.1 Å². The van der Waals surface area contributed by atoms with Gasteiger partial charge in [0.15, 0.2) is 0 Å². The molecule has 15 heavy (non-hydrogen) atoms. The van der Waals surface area contributed by atoms with Crippen LogP contribution >= 0.6 is 0 Å². The Kier molecular flexibility index (Phi) is 5.66. The standard InChI is InChI=1S/C14H29N/c1-4-6-7-11-14(3,10-5-2)12-15-13-8-9-13/h13,15H,4-12H2,1-3H3. The first kappa shape index (κ1) is 13.0. The SMILES string of the molecule is CCCCCC(C)(CCC)CNC1CC1. The first-order chi connectivity index (χ1) is 7.20. The van der Waals surface area contributed by atoms with E-state index >= 15 is 0 Å². The summed E-state index contributed by atoms with van der Waals surface area (Å²) < 4.78 is 0. The predicted molar refractivity (Wildman–Crippen MR) is 68.2 cm³/mol. The molecule has 1 heteroatoms. The van der Waals surface area contributed by atoms with Crippen molar-refractivity contribution in [1.29, 1.82) is 0 Å². The van der Waals surface area contributed by atoms with Gasteiger partial charge < -0.3 is 5.32 Å². The Balaban J connectivity index is 2.22. The fourth-order valence-electron chi connectivity index (χ4n) is 2.39. The minimum atomic E-state index is 0.562. The summed E-state index contributed by atoms with van der Waals surface area (Å²) in [6, 6.07) is 0.868. The Morgan fingerprint density at radius 1 is 1.07 bits per heavy atom. The average Bonchev–Trinajstić information content (AvgIpc) is 2.99. The smallest absolute Gasteiger partial charge is 0.00684 e. The number of rotatable bonds is 9. The number of hydrogen-bond donors (Lipinski definition) is 1. The molecule has 0 saturated heterocycles. The van der Waals surface area contributed by atoms with Crippen molar-refractivity contribution in [3.8, 4) is 0 Å². The van der Waals surface area contributed by atoms with Crippen LogP contribution in [-0.2, 0) is 0 Å². The molecule has 1 unspecified atom stereocenters. The van der Waals surface area contributed by atoms with Gasteiger partial charge in [0.1, 0.15) is 0 Å². The molecule has 1 fully saturated rings. The third-order valence-electron chi connectivity index (χ3n) is 3.63. The van der Waals surface area contributed by atoms with Gasteiger partial charge in [0.05, 0.1) is 0 Å². The highest BCUT2D eigenvalue weighted by atomic mass is 15.0. The van der Waals surface area contributed by atoms with Crippen LogP contribution < -0.4 is 5.32 Å². The zero-order valence-electron chi connectivity index (χ0n) is 10.9. The number of unbranched alkanes of at least 4 members (excludes halogenated alkanes) is 2. The van der Waals surface area contributed by atoms with Crippen molar-refractivity contribution in [3.05, 3.63) is 0 Å². The highest BCUT2D eigenvalue weighted by molar-refractivity contribution is 4.85. The fourth-order valence-corrected chi connectivity index (χ4v) is 2.39. The minimum Gasteiger partial charge on any atom is -0.313 e. The lowest BCUT2D eigenvalue weighted by Gasteiger charge is -2.30. The van der Waals surface area contributed by atoms with E-state index in [0.29, 0.717) is 5.41 Å². The molecule has 1 nitrogen and oxygen atoms in total. The molecule has 1 aliphatic rings. The lowest BCUT2D eigenvalue weighted by atomic mass is 9.80. The van der Waals surface area contributed by atoms with Crippen LogP contribution in [0.15, 0.2) is 0 Å². The molecule has 0 amide bonds. The maximum absolute atomic E-state index is 3.71. The molecular formula is C14H29N. The van der Waals surface area contributed by atoms with E-state index in [4.69, 9.17) is 0 Å². The zero-order valence-corrected chi connectivity index (χ0v) is 10.9. The minimum absolute atomic E-state index is 0.562. The molecule has 0 bridgehead atoms. The molecule has 0 aromatic rings. The quantitative estimate of drug-likeness (QED) is 0.566. The maximum atomic E-state index is 3.71. The summed E-state index contributed by atoms with van der Waals surface area (Å²) in [5.41, 5.74) is 0.562. The second kappa shape index (κ2) is 6.52. The van der Waals surface area contributed by atoms with Crippen LogP contribution in [0.4, 0.5) is 0 Å². The lowest BCUT2D eigenvalue weighted by Crippen LogP contribution is -2.33. The largest absolute Gasteiger partial charge is 0.313 e. The average molecular weight is 211 g/mol. The normalized spacial score (nSPS) is 20.2. The van der Waals surface area contributed by atoms with E-state index in [1.807, 2.05) is 0 Å². The monoisotopic (exact) mass is 211 g/mol. The molecule has 1 rings (SSSR count). The van der Waals surface area contributed by atoms with Gasteiger partial charge in [-0.05, 0) is 31.1 Å². The molecule has 1 atom stereocenters. The molecule has 0 heterocycles. The van der Waals surface area contributed by atoms with Crippen molar-refractivity contribution >= 4 is 0 Å². The Morgan fingerprint density at radius 3 is 2.33 bits per heavy atom. The zero-order chi connectivity index (χ0) is 11.1. The Hall–Kier alpha value is -0.0400. The molecule has 0 aromatic heterocycles. The molecule has 1 saturated carbocycles. The highest BCUT2D eigenvalue weighted by Crippen LogP contribution is 2.31. The highest BCUT2D eigenvalue weighted by Gasteiger charge is 2.27. The van der Waals surface area contributed by atoms with Crippen molar-refractivity contribution in [3.63, 3.8) is 0 Å². The topological polar surface area (TPSA) is 12.0 Å². The van der Waals surface area contributed by atoms with E-state index < -0.39 is 0 Å². The van der Waals surface area contributed by atoms with Crippen molar-refractivity contribution in [2.75, 3.05) is 6.54 Å². The van der Waals surface area contributed by atoms with E-state index in [2.05, 4.69) is 26.1 Å². The van der Waals surface area contributed by atoms with E-state index in [9.17, 15) is 0 Å². The Morgan fingerprint density at radius 2 is 1.80 bits per heavy atom. The predicted octanol–water partition coefficient (Wildman–Crippen LogP) is 4.13. The van der Waals surface area contributed by atoms with Gasteiger partial charge in [-0.3, -0.25) is 0 Å². The summed E-state index contributed by atoms with van der Waals surface area (Å²) >= 11 is 0. The summed E-state index contributed by atoms with van der Waals surface area (Å²) in [6.07, 6.45) is 11.1. The second-order valence-electron chi connectivity index (χ2n) is 5.67. The third-order valence-corrected chi connectivity index (χ3v) is 3.63. The second-order valence-corrected chi connectivity index (χ2v) is 5.67. The molecule has 0 aromatic carbocycles. The van der Waals surface area contributed by atoms with Crippen LogP contribution in [0, 0.1) is 5.41 Å². The first-order valence-electron chi connectivity index (χ1n) is 6.93. The summed E-state index contributed by atoms with van der Waals surface area (Å²) in [7, 11) is 0. The van der Waals surface area contributed by atoms with Crippen molar-refractivity contribution in [2.45, 2.75) is 78.2 Å². The van der Waals surface area contributed by atoms with E-state index in [0.717, 1.165) is 6.04 Å². The third kappa shape index (κ3) is 5.55. The van der Waals surface area contributed by atoms with Crippen LogP contribution in [0.25, 0.3) is 0 Å². The maximum Gasteiger partial charge on any atom is 0.00684 e. The lowest BCUT2D eigenvalue weighted by molar-refractivity contribution is 0.246. The van der Waals surface area contributed by atoms with Crippen molar-refractivity contribution in [1.82, 2.24) is 5.32 Å². The van der Waals surface area contributed by atoms with Crippen LogP contribution in [0.2, 0.25) is 0 Å². The summed E-state index contributed by atoms with van der Waals surface area (Å²) in [5.74, 6) is 0. The van der Waals surface area contributed by atoms with Gasteiger partial charge in [0, 0.05) is 12.6 Å². The van der Waals surface area contributed by atoms with Crippen molar-refractivity contribution < 1.29 is 0 Å². The Labute approximate surface area is 96.0 Å². The Bertz CT molecular complexity index is 163. The molecule has 0 radical (unpaired) electrons. The number of nitrogens with one attached hydrogen (secondary N) is 1. The van der Waals surface area contributed by atoms with Gasteiger partial charge in [-0.25, -0.2) is 0 Å². The van der Waals surface area contributed by atoms with Gasteiger partial charge in [0.25, 0.3) is 0 Å². The van der Waals surface area contributed by atoms with Gasteiger partial charge in [-0.2, -0.15) is 0 Å². The van der Waals surface area contributed by atoms with Crippen LogP contribution in [0.3, 0.4) is 0 Å². The first-order valence-corrected chi connectivity index (χ1v) is 6.93. The molecular weight excluding hydrogens is 182 g/mol.